The third-order valence-corrected chi connectivity index (χ3v) is 26.7. The van der Waals surface area contributed by atoms with Crippen molar-refractivity contribution in [2.24, 2.45) is 0 Å². The number of benzene rings is 20. The molecule has 0 saturated heterocycles. The van der Waals surface area contributed by atoms with Crippen LogP contribution in [0.25, 0.3) is 211 Å². The minimum absolute atomic E-state index is 0. The summed E-state index contributed by atoms with van der Waals surface area (Å²) >= 11 is 7.43. The van der Waals surface area contributed by atoms with Crippen LogP contribution < -0.4 is 0 Å². The van der Waals surface area contributed by atoms with E-state index in [1.165, 1.54) is 217 Å². The summed E-state index contributed by atoms with van der Waals surface area (Å²) in [5.41, 5.74) is 29.3. The monoisotopic (exact) mass is 1600 g/mol. The molecule has 0 atom stereocenters. The number of thiophene rings is 2. The minimum atomic E-state index is 0. The van der Waals surface area contributed by atoms with Crippen LogP contribution in [0.2, 0.25) is 0 Å². The largest absolute Gasteiger partial charge is 0.309 e. The zero-order valence-corrected chi connectivity index (χ0v) is 67.0. The number of aromatic nitrogens is 1. The molecule has 556 valence electrons. The highest BCUT2D eigenvalue weighted by molar-refractivity contribution is 9.10. The maximum atomic E-state index is 3.64. The number of hydrogen-bond acceptors (Lipinski definition) is 2. The highest BCUT2D eigenvalue weighted by Crippen LogP contribution is 2.50. The molecular formula is C114H76BrNS2. The Hall–Kier alpha value is -13.8. The molecule has 3 heterocycles. The Labute approximate surface area is 702 Å². The number of halogens is 1. The first kappa shape index (κ1) is 71.9. The Morgan fingerprint density at radius 2 is 0.551 bits per heavy atom. The van der Waals surface area contributed by atoms with Crippen LogP contribution in [-0.4, -0.2) is 4.57 Å². The number of nitrogens with zero attached hydrogens (tertiary/aromatic N) is 1. The molecule has 0 bridgehead atoms. The summed E-state index contributed by atoms with van der Waals surface area (Å²) in [6.07, 6.45) is 1.05. The Bertz CT molecular complexity index is 7850. The van der Waals surface area contributed by atoms with E-state index in [2.05, 4.69) is 445 Å². The maximum absolute atomic E-state index is 3.64. The van der Waals surface area contributed by atoms with Gasteiger partial charge in [0, 0.05) is 61.3 Å². The van der Waals surface area contributed by atoms with E-state index in [9.17, 15) is 0 Å². The quantitative estimate of drug-likeness (QED) is 0.127. The van der Waals surface area contributed by atoms with E-state index in [0.29, 0.717) is 0 Å². The average Bonchev–Trinajstić information content (AvgIpc) is 1.73. The van der Waals surface area contributed by atoms with E-state index in [4.69, 9.17) is 0 Å². The van der Waals surface area contributed by atoms with Gasteiger partial charge in [0.1, 0.15) is 0 Å². The van der Waals surface area contributed by atoms with Gasteiger partial charge in [-0.15, -0.1) is 22.7 Å². The van der Waals surface area contributed by atoms with Crippen LogP contribution in [0.4, 0.5) is 0 Å². The number of fused-ring (bicyclic) bond motifs is 16. The fourth-order valence-corrected chi connectivity index (χ4v) is 21.4. The summed E-state index contributed by atoms with van der Waals surface area (Å²) in [6, 6.07) is 155. The van der Waals surface area contributed by atoms with Crippen LogP contribution in [0.15, 0.2) is 429 Å². The van der Waals surface area contributed by atoms with Crippen LogP contribution in [0, 0.1) is 0 Å². The highest BCUT2D eigenvalue weighted by Gasteiger charge is 2.24. The molecule has 0 N–H and O–H groups in total. The molecule has 0 fully saturated rings. The normalized spacial score (nSPS) is 11.7. The zero-order chi connectivity index (χ0) is 77.4. The Kier molecular flexibility index (Phi) is 18.5. The molecule has 24 rings (SSSR count). The molecule has 0 aliphatic heterocycles. The summed E-state index contributed by atoms with van der Waals surface area (Å²) in [5, 5.41) is 18.1. The molecule has 0 saturated carbocycles. The molecule has 1 nitrogen and oxygen atoms in total. The average molecular weight is 1600 g/mol. The Balaban J connectivity index is 0.000000121. The third-order valence-electron chi connectivity index (χ3n) is 23.8. The SMILES string of the molecule is Brc1cccc(-c2ccc3c(-c4ccccc4)c4ccccc4c(-c4ccccc4)c3c2)c1.C.c1ccc(-c2c3ccccc3c(-c3ccccc3)c3cc(-c4cccc(-n5c6ccccc6c6cc(-c7cccc8c7sc7ccccc78)ccc65)c4)ccc23)cc1.c1ccc2c(c1)Cc1ccc(-c3cccc4c3sc3ccccc34)cc1-2. The Morgan fingerprint density at radius 3 is 1.08 bits per heavy atom. The van der Waals surface area contributed by atoms with E-state index in [1.807, 2.05) is 22.7 Å². The maximum Gasteiger partial charge on any atom is 0.0541 e. The van der Waals surface area contributed by atoms with E-state index in [-0.39, 0.29) is 7.43 Å². The molecule has 23 aromatic rings. The van der Waals surface area contributed by atoms with Crippen molar-refractivity contribution in [3.63, 3.8) is 0 Å². The standard InChI is InChI=1S/C56H35NS.C32H21Br.C25H16S.CH4/c1-3-15-36(16-4-1)54-45-23-7-8-24-46(45)55(37-17-5-2-6-18-37)50-34-39(29-31-47(50)54)38-19-13-20-41(33-38)57-51-27-11-9-21-43(51)49-35-40(30-32-52(49)57)42-25-14-26-48-44-22-10-12-28-53(44)58-56(42)48;33-26-15-9-14-24(20-26)25-18-19-29-30(21-25)32(23-12-5-2-6-13-23)28-17-8-7-16-27(28)31(29)22-10-3-1-4-11-22;1-2-7-19-16(6-1)14-17-12-13-18(15-23(17)19)20-9-5-10-22-21-8-3-4-11-24(21)26-25(20)22;/h1-35H;1-21H;1-13,15H,14H2;1H4. The van der Waals surface area contributed by atoms with Gasteiger partial charge in [-0.1, -0.05) is 375 Å². The predicted octanol–water partition coefficient (Wildman–Crippen LogP) is 33.8. The second-order valence-corrected chi connectivity index (χ2v) is 33.5. The van der Waals surface area contributed by atoms with Crippen molar-refractivity contribution in [1.29, 1.82) is 0 Å². The fourth-order valence-electron chi connectivity index (χ4n) is 18.5. The summed E-state index contributed by atoms with van der Waals surface area (Å²) < 4.78 is 8.95. The molecular weight excluding hydrogens is 1530 g/mol. The van der Waals surface area contributed by atoms with E-state index in [0.717, 1.165) is 16.6 Å². The van der Waals surface area contributed by atoms with Crippen LogP contribution in [-0.2, 0) is 6.42 Å². The van der Waals surface area contributed by atoms with E-state index < -0.39 is 0 Å². The van der Waals surface area contributed by atoms with Crippen LogP contribution in [0.5, 0.6) is 0 Å². The molecule has 0 spiro atoms. The molecule has 118 heavy (non-hydrogen) atoms. The number of hydrogen-bond donors (Lipinski definition) is 0. The number of para-hydroxylation sites is 1. The molecule has 1 aliphatic rings. The lowest BCUT2D eigenvalue weighted by atomic mass is 9.85. The highest BCUT2D eigenvalue weighted by atomic mass is 79.9. The fraction of sp³-hybridized carbons (Fsp3) is 0.0175. The van der Waals surface area contributed by atoms with Crippen LogP contribution >= 0.6 is 38.6 Å². The zero-order valence-electron chi connectivity index (χ0n) is 63.8. The summed E-state index contributed by atoms with van der Waals surface area (Å²) in [5.74, 6) is 0. The van der Waals surface area contributed by atoms with Gasteiger partial charge in [-0.3, -0.25) is 0 Å². The van der Waals surface area contributed by atoms with Crippen molar-refractivity contribution >= 4 is 144 Å². The lowest BCUT2D eigenvalue weighted by molar-refractivity contribution is 1.18. The lowest BCUT2D eigenvalue weighted by Gasteiger charge is -2.19. The first-order chi connectivity index (χ1) is 58.0. The Morgan fingerprint density at radius 1 is 0.203 bits per heavy atom. The van der Waals surface area contributed by atoms with Gasteiger partial charge in [0.05, 0.1) is 11.0 Å². The topological polar surface area (TPSA) is 4.93 Å². The molecule has 0 radical (unpaired) electrons. The molecule has 4 heteroatoms. The van der Waals surface area contributed by atoms with Gasteiger partial charge in [0.25, 0.3) is 0 Å². The van der Waals surface area contributed by atoms with E-state index >= 15 is 0 Å². The lowest BCUT2D eigenvalue weighted by Crippen LogP contribution is -1.95. The summed E-state index contributed by atoms with van der Waals surface area (Å²) in [4.78, 5) is 0. The van der Waals surface area contributed by atoms with Crippen molar-refractivity contribution in [3.05, 3.63) is 440 Å². The van der Waals surface area contributed by atoms with Gasteiger partial charge in [-0.05, 0) is 234 Å². The van der Waals surface area contributed by atoms with E-state index in [1.54, 1.807) is 0 Å². The van der Waals surface area contributed by atoms with Crippen LogP contribution in [0.3, 0.4) is 0 Å². The van der Waals surface area contributed by atoms with Gasteiger partial charge in [-0.25, -0.2) is 0 Å². The van der Waals surface area contributed by atoms with Gasteiger partial charge >= 0.3 is 0 Å². The second-order valence-electron chi connectivity index (χ2n) is 30.5. The smallest absolute Gasteiger partial charge is 0.0541 e. The third kappa shape index (κ3) is 12.6. The summed E-state index contributed by atoms with van der Waals surface area (Å²) in [7, 11) is 0. The van der Waals surface area contributed by atoms with Crippen molar-refractivity contribution in [1.82, 2.24) is 4.57 Å². The van der Waals surface area contributed by atoms with Gasteiger partial charge in [-0.2, -0.15) is 0 Å². The van der Waals surface area contributed by atoms with Crippen LogP contribution in [0.1, 0.15) is 18.6 Å². The van der Waals surface area contributed by atoms with Crippen molar-refractivity contribution in [3.8, 4) is 106 Å². The molecule has 3 aromatic heterocycles. The molecule has 0 amide bonds. The second kappa shape index (κ2) is 30.4. The molecule has 20 aromatic carbocycles. The van der Waals surface area contributed by atoms with Crippen molar-refractivity contribution in [2.45, 2.75) is 13.8 Å². The van der Waals surface area contributed by atoms with Crippen molar-refractivity contribution < 1.29 is 0 Å². The summed E-state index contributed by atoms with van der Waals surface area (Å²) in [6.45, 7) is 0. The molecule has 1 aliphatic carbocycles. The van der Waals surface area contributed by atoms with Gasteiger partial charge in [0.2, 0.25) is 0 Å². The predicted molar refractivity (Wildman–Crippen MR) is 516 cm³/mol. The first-order valence-corrected chi connectivity index (χ1v) is 42.5. The molecule has 0 unspecified atom stereocenters. The van der Waals surface area contributed by atoms with Gasteiger partial charge in [0.15, 0.2) is 0 Å². The first-order valence-electron chi connectivity index (χ1n) is 40.1. The minimum Gasteiger partial charge on any atom is -0.309 e. The van der Waals surface area contributed by atoms with Gasteiger partial charge < -0.3 is 4.57 Å². The van der Waals surface area contributed by atoms with Crippen molar-refractivity contribution in [2.75, 3.05) is 0 Å². The number of rotatable bonds is 9.